The Labute approximate surface area is 144 Å². The molecular formula is C17H20N4O2S. The Bertz CT molecular complexity index is 899. The first-order valence-electron chi connectivity index (χ1n) is 8.13. The van der Waals surface area contributed by atoms with E-state index in [1.165, 1.54) is 10.5 Å². The van der Waals surface area contributed by atoms with E-state index in [4.69, 9.17) is 9.51 Å². The first-order valence-corrected chi connectivity index (χ1v) is 9.01. The van der Waals surface area contributed by atoms with Crippen LogP contribution in [0.1, 0.15) is 47.5 Å². The van der Waals surface area contributed by atoms with E-state index in [2.05, 4.69) is 28.1 Å². The molecule has 0 aromatic carbocycles. The SMILES string of the molecule is Cc1cc(C(=O)N2CCC(C)(c3nc(C)n4ccsc34)CC2)no1. The summed E-state index contributed by atoms with van der Waals surface area (Å²) in [6.45, 7) is 7.52. The number of nitrogens with zero attached hydrogens (tertiary/aromatic N) is 4. The van der Waals surface area contributed by atoms with Crippen molar-refractivity contribution in [2.75, 3.05) is 13.1 Å². The molecule has 24 heavy (non-hydrogen) atoms. The van der Waals surface area contributed by atoms with E-state index < -0.39 is 0 Å². The molecule has 1 saturated heterocycles. The molecule has 7 heteroatoms. The quantitative estimate of drug-likeness (QED) is 0.716. The number of imidazole rings is 1. The van der Waals surface area contributed by atoms with Gasteiger partial charge in [-0.05, 0) is 26.7 Å². The predicted octanol–water partition coefficient (Wildman–Crippen LogP) is 3.19. The monoisotopic (exact) mass is 344 g/mol. The maximum absolute atomic E-state index is 12.5. The third-order valence-corrected chi connectivity index (χ3v) is 5.88. The van der Waals surface area contributed by atoms with Crippen molar-refractivity contribution in [3.8, 4) is 0 Å². The van der Waals surface area contributed by atoms with Crippen molar-refractivity contribution in [1.82, 2.24) is 19.4 Å². The summed E-state index contributed by atoms with van der Waals surface area (Å²) in [7, 11) is 0. The normalized spacial score (nSPS) is 17.5. The summed E-state index contributed by atoms with van der Waals surface area (Å²) in [6, 6.07) is 1.70. The predicted molar refractivity (Wildman–Crippen MR) is 91.5 cm³/mol. The van der Waals surface area contributed by atoms with Gasteiger partial charge in [-0.3, -0.25) is 9.20 Å². The highest BCUT2D eigenvalue weighted by atomic mass is 32.1. The van der Waals surface area contributed by atoms with Crippen molar-refractivity contribution < 1.29 is 9.32 Å². The van der Waals surface area contributed by atoms with Gasteiger partial charge in [0, 0.05) is 36.1 Å². The van der Waals surface area contributed by atoms with Gasteiger partial charge in [0.25, 0.3) is 5.91 Å². The maximum Gasteiger partial charge on any atom is 0.276 e. The average molecular weight is 344 g/mol. The van der Waals surface area contributed by atoms with E-state index in [0.29, 0.717) is 24.5 Å². The molecule has 3 aromatic heterocycles. The largest absolute Gasteiger partial charge is 0.361 e. The fraction of sp³-hybridized carbons (Fsp3) is 0.471. The number of piperidine rings is 1. The Morgan fingerprint density at radius 2 is 2.08 bits per heavy atom. The van der Waals surface area contributed by atoms with Crippen LogP contribution in [0.3, 0.4) is 0 Å². The van der Waals surface area contributed by atoms with E-state index in [1.807, 2.05) is 11.8 Å². The zero-order valence-electron chi connectivity index (χ0n) is 14.1. The van der Waals surface area contributed by atoms with Crippen molar-refractivity contribution in [2.45, 2.75) is 39.0 Å². The van der Waals surface area contributed by atoms with Gasteiger partial charge in [0.05, 0.1) is 5.69 Å². The number of likely N-dealkylation sites (tertiary alicyclic amines) is 1. The molecule has 0 spiro atoms. The molecular weight excluding hydrogens is 324 g/mol. The van der Waals surface area contributed by atoms with Crippen LogP contribution in [0.4, 0.5) is 0 Å². The summed E-state index contributed by atoms with van der Waals surface area (Å²) < 4.78 is 7.17. The Balaban J connectivity index is 1.55. The highest BCUT2D eigenvalue weighted by molar-refractivity contribution is 7.15. The topological polar surface area (TPSA) is 63.6 Å². The smallest absolute Gasteiger partial charge is 0.276 e. The van der Waals surface area contributed by atoms with Gasteiger partial charge < -0.3 is 9.42 Å². The number of fused-ring (bicyclic) bond motifs is 1. The molecule has 1 amide bonds. The summed E-state index contributed by atoms with van der Waals surface area (Å²) in [5, 5.41) is 5.94. The third kappa shape index (κ3) is 2.34. The summed E-state index contributed by atoms with van der Waals surface area (Å²) in [6.07, 6.45) is 3.87. The van der Waals surface area contributed by atoms with Gasteiger partial charge in [0.1, 0.15) is 16.4 Å². The Kier molecular flexibility index (Phi) is 3.49. The molecule has 0 unspecified atom stereocenters. The molecule has 1 aliphatic rings. The van der Waals surface area contributed by atoms with E-state index in [-0.39, 0.29) is 11.3 Å². The lowest BCUT2D eigenvalue weighted by Crippen LogP contribution is -2.44. The molecule has 0 radical (unpaired) electrons. The number of hydrogen-bond acceptors (Lipinski definition) is 5. The number of amides is 1. The van der Waals surface area contributed by atoms with E-state index in [1.54, 1.807) is 24.3 Å². The van der Waals surface area contributed by atoms with Gasteiger partial charge in [0.2, 0.25) is 0 Å². The van der Waals surface area contributed by atoms with Crippen molar-refractivity contribution in [3.05, 3.63) is 40.6 Å². The first-order chi connectivity index (χ1) is 11.5. The number of rotatable bonds is 2. The van der Waals surface area contributed by atoms with Crippen LogP contribution in [0, 0.1) is 13.8 Å². The van der Waals surface area contributed by atoms with Gasteiger partial charge in [-0.15, -0.1) is 11.3 Å². The molecule has 126 valence electrons. The summed E-state index contributed by atoms with van der Waals surface area (Å²) in [5.74, 6) is 1.64. The molecule has 4 heterocycles. The Morgan fingerprint density at radius 3 is 2.75 bits per heavy atom. The molecule has 0 N–H and O–H groups in total. The molecule has 0 aliphatic carbocycles. The maximum atomic E-state index is 12.5. The van der Waals surface area contributed by atoms with Gasteiger partial charge >= 0.3 is 0 Å². The van der Waals surface area contributed by atoms with Gasteiger partial charge in [-0.1, -0.05) is 12.1 Å². The van der Waals surface area contributed by atoms with Crippen LogP contribution in [-0.2, 0) is 5.41 Å². The van der Waals surface area contributed by atoms with E-state index in [9.17, 15) is 4.79 Å². The minimum absolute atomic E-state index is 0.000878. The zero-order chi connectivity index (χ0) is 16.9. The summed E-state index contributed by atoms with van der Waals surface area (Å²) in [4.78, 5) is 20.4. The van der Waals surface area contributed by atoms with Crippen molar-refractivity contribution in [3.63, 3.8) is 0 Å². The Morgan fingerprint density at radius 1 is 1.33 bits per heavy atom. The van der Waals surface area contributed by atoms with Crippen LogP contribution >= 0.6 is 11.3 Å². The lowest BCUT2D eigenvalue weighted by molar-refractivity contribution is 0.0664. The molecule has 1 aliphatic heterocycles. The second-order valence-corrected chi connectivity index (χ2v) is 7.66. The van der Waals surface area contributed by atoms with Crippen LogP contribution in [-0.4, -0.2) is 38.4 Å². The number of aryl methyl sites for hydroxylation is 2. The zero-order valence-corrected chi connectivity index (χ0v) is 14.9. The van der Waals surface area contributed by atoms with Crippen LogP contribution in [0.25, 0.3) is 4.83 Å². The van der Waals surface area contributed by atoms with Crippen LogP contribution in [0.2, 0.25) is 0 Å². The van der Waals surface area contributed by atoms with Crippen LogP contribution in [0.5, 0.6) is 0 Å². The van der Waals surface area contributed by atoms with Crippen molar-refractivity contribution >= 4 is 22.1 Å². The average Bonchev–Trinajstić information content (AvgIpc) is 3.26. The van der Waals surface area contributed by atoms with Crippen molar-refractivity contribution in [2.24, 2.45) is 0 Å². The summed E-state index contributed by atoms with van der Waals surface area (Å²) in [5.41, 5.74) is 1.56. The molecule has 0 atom stereocenters. The number of thiazole rings is 1. The number of carbonyl (C=O) groups is 1. The van der Waals surface area contributed by atoms with Gasteiger partial charge in [-0.2, -0.15) is 0 Å². The highest BCUT2D eigenvalue weighted by Gasteiger charge is 2.37. The molecule has 6 nitrogen and oxygen atoms in total. The number of carbonyl (C=O) groups excluding carboxylic acids is 1. The van der Waals surface area contributed by atoms with Gasteiger partial charge in [-0.25, -0.2) is 4.98 Å². The molecule has 1 fully saturated rings. The number of aromatic nitrogens is 3. The second kappa shape index (κ2) is 5.44. The molecule has 3 aromatic rings. The van der Waals surface area contributed by atoms with E-state index >= 15 is 0 Å². The molecule has 0 saturated carbocycles. The fourth-order valence-electron chi connectivity index (χ4n) is 3.43. The van der Waals surface area contributed by atoms with E-state index in [0.717, 1.165) is 18.7 Å². The molecule has 4 rings (SSSR count). The fourth-order valence-corrected chi connectivity index (χ4v) is 4.45. The standard InChI is InChI=1S/C17H20N4O2S/c1-11-10-13(19-23-11)15(22)20-6-4-17(3,5-7-20)14-16-21(8-9-24-16)12(2)18-14/h8-10H,4-7H2,1-3H3. The molecule has 0 bridgehead atoms. The number of hydrogen-bond donors (Lipinski definition) is 0. The first kappa shape index (κ1) is 15.4. The van der Waals surface area contributed by atoms with Crippen molar-refractivity contribution in [1.29, 1.82) is 0 Å². The second-order valence-electron chi connectivity index (χ2n) is 6.76. The van der Waals surface area contributed by atoms with Crippen LogP contribution < -0.4 is 0 Å². The Hall–Kier alpha value is -2.15. The lowest BCUT2D eigenvalue weighted by atomic mass is 9.78. The minimum Gasteiger partial charge on any atom is -0.361 e. The van der Waals surface area contributed by atoms with Crippen LogP contribution in [0.15, 0.2) is 22.2 Å². The minimum atomic E-state index is -0.0452. The third-order valence-electron chi connectivity index (χ3n) is 5.01. The lowest BCUT2D eigenvalue weighted by Gasteiger charge is -2.38. The highest BCUT2D eigenvalue weighted by Crippen LogP contribution is 2.38. The van der Waals surface area contributed by atoms with Gasteiger partial charge in [0.15, 0.2) is 5.69 Å². The summed E-state index contributed by atoms with van der Waals surface area (Å²) >= 11 is 1.73.